The first-order chi connectivity index (χ1) is 16.7. The number of carbonyl (C=O) groups excluding carboxylic acids is 1. The monoisotopic (exact) mass is 471 g/mol. The fourth-order valence-corrected chi connectivity index (χ4v) is 5.29. The minimum atomic E-state index is -1.06. The number of carboxylic acids is 1. The highest BCUT2D eigenvalue weighted by molar-refractivity contribution is 6.12. The Labute approximate surface area is 204 Å². The summed E-state index contributed by atoms with van der Waals surface area (Å²) in [6, 6.07) is 17.5. The third kappa shape index (κ3) is 4.03. The summed E-state index contributed by atoms with van der Waals surface area (Å²) in [5.41, 5.74) is 4.73. The predicted octanol–water partition coefficient (Wildman–Crippen LogP) is 6.01. The van der Waals surface area contributed by atoms with Gasteiger partial charge in [0.1, 0.15) is 0 Å². The molecule has 6 nitrogen and oxygen atoms in total. The molecule has 0 fully saturated rings. The molecule has 0 unspecified atom stereocenters. The highest BCUT2D eigenvalue weighted by atomic mass is 16.5. The van der Waals surface area contributed by atoms with Crippen LogP contribution >= 0.6 is 0 Å². The van der Waals surface area contributed by atoms with Crippen molar-refractivity contribution < 1.29 is 24.2 Å². The van der Waals surface area contributed by atoms with Crippen LogP contribution in [0.3, 0.4) is 0 Å². The molecule has 3 aromatic rings. The molecule has 0 spiro atoms. The molecular weight excluding hydrogens is 442 g/mol. The number of allylic oxidation sites excluding steroid dienone is 1. The molecule has 2 N–H and O–H groups in total. The zero-order valence-corrected chi connectivity index (χ0v) is 20.3. The van der Waals surface area contributed by atoms with Gasteiger partial charge in [-0.25, -0.2) is 4.79 Å². The first kappa shape index (κ1) is 23.0. The van der Waals surface area contributed by atoms with E-state index in [0.29, 0.717) is 17.9 Å². The number of rotatable bonds is 5. The predicted molar refractivity (Wildman–Crippen MR) is 136 cm³/mol. The SMILES string of the molecule is COc1cc([C@@H]2Nc3ccc4ccccc4c3C3=C2C(=O)CC(C)(C)C3)ccc1O[C@@H](C)C(=O)O. The largest absolute Gasteiger partial charge is 0.493 e. The number of hydrogen-bond donors (Lipinski definition) is 2. The molecule has 1 aliphatic heterocycles. The normalized spacial score (nSPS) is 19.4. The summed E-state index contributed by atoms with van der Waals surface area (Å²) >= 11 is 0. The van der Waals surface area contributed by atoms with Crippen LogP contribution in [0.5, 0.6) is 11.5 Å². The van der Waals surface area contributed by atoms with Crippen LogP contribution < -0.4 is 14.8 Å². The maximum absolute atomic E-state index is 13.6. The van der Waals surface area contributed by atoms with Crippen molar-refractivity contribution in [3.8, 4) is 11.5 Å². The Hall–Kier alpha value is -3.80. The van der Waals surface area contributed by atoms with E-state index in [9.17, 15) is 14.7 Å². The summed E-state index contributed by atoms with van der Waals surface area (Å²) in [7, 11) is 1.52. The second-order valence-corrected chi connectivity index (χ2v) is 10.1. The molecule has 0 radical (unpaired) electrons. The molecule has 3 aromatic carbocycles. The molecule has 0 saturated heterocycles. The van der Waals surface area contributed by atoms with Crippen LogP contribution in [0.25, 0.3) is 16.3 Å². The number of hydrogen-bond acceptors (Lipinski definition) is 5. The average Bonchev–Trinajstić information content (AvgIpc) is 2.82. The number of benzene rings is 3. The van der Waals surface area contributed by atoms with Gasteiger partial charge in [-0.15, -0.1) is 0 Å². The second kappa shape index (κ2) is 8.45. The zero-order chi connectivity index (χ0) is 24.9. The maximum atomic E-state index is 13.6. The van der Waals surface area contributed by atoms with Crippen molar-refractivity contribution in [2.24, 2.45) is 5.41 Å². The van der Waals surface area contributed by atoms with Crippen LogP contribution in [0.15, 0.2) is 60.2 Å². The Bertz CT molecular complexity index is 1390. The summed E-state index contributed by atoms with van der Waals surface area (Å²) < 4.78 is 11.1. The highest BCUT2D eigenvalue weighted by Crippen LogP contribution is 2.52. The maximum Gasteiger partial charge on any atom is 0.344 e. The molecule has 1 aliphatic carbocycles. The number of carbonyl (C=O) groups is 2. The molecule has 2 atom stereocenters. The van der Waals surface area contributed by atoms with E-state index in [2.05, 4.69) is 43.4 Å². The highest BCUT2D eigenvalue weighted by Gasteiger charge is 2.41. The van der Waals surface area contributed by atoms with E-state index in [1.165, 1.54) is 14.0 Å². The Balaban J connectivity index is 1.66. The van der Waals surface area contributed by atoms with Gasteiger partial charge in [0.25, 0.3) is 0 Å². The zero-order valence-electron chi connectivity index (χ0n) is 20.3. The van der Waals surface area contributed by atoms with Gasteiger partial charge < -0.3 is 19.9 Å². The van der Waals surface area contributed by atoms with Gasteiger partial charge in [0, 0.05) is 23.2 Å². The number of anilines is 1. The Morgan fingerprint density at radius 3 is 2.60 bits per heavy atom. The van der Waals surface area contributed by atoms with Crippen LogP contribution in [0.1, 0.15) is 50.8 Å². The van der Waals surface area contributed by atoms with Crippen molar-refractivity contribution in [3.05, 3.63) is 71.3 Å². The summed E-state index contributed by atoms with van der Waals surface area (Å²) in [5.74, 6) is -0.142. The Morgan fingerprint density at radius 2 is 1.86 bits per heavy atom. The molecule has 0 aromatic heterocycles. The van der Waals surface area contributed by atoms with Gasteiger partial charge in [-0.1, -0.05) is 50.2 Å². The molecule has 1 heterocycles. The van der Waals surface area contributed by atoms with Gasteiger partial charge in [0.15, 0.2) is 23.4 Å². The lowest BCUT2D eigenvalue weighted by Gasteiger charge is -2.40. The van der Waals surface area contributed by atoms with E-state index in [0.717, 1.165) is 45.2 Å². The van der Waals surface area contributed by atoms with Crippen LogP contribution in [-0.2, 0) is 9.59 Å². The molecule has 5 rings (SSSR count). The third-order valence-electron chi connectivity index (χ3n) is 6.91. The van der Waals surface area contributed by atoms with Crippen molar-refractivity contribution in [1.29, 1.82) is 0 Å². The smallest absolute Gasteiger partial charge is 0.344 e. The lowest BCUT2D eigenvalue weighted by molar-refractivity contribution is -0.144. The molecule has 2 aliphatic rings. The quantitative estimate of drug-likeness (QED) is 0.474. The summed E-state index contributed by atoms with van der Waals surface area (Å²) in [6.45, 7) is 5.77. The number of aliphatic carboxylic acids is 1. The van der Waals surface area contributed by atoms with Crippen molar-refractivity contribution in [2.75, 3.05) is 12.4 Å². The van der Waals surface area contributed by atoms with Crippen LogP contribution in [-0.4, -0.2) is 30.1 Å². The van der Waals surface area contributed by atoms with Gasteiger partial charge in [-0.3, -0.25) is 4.79 Å². The fraction of sp³-hybridized carbons (Fsp3) is 0.310. The molecule has 0 saturated carbocycles. The first-order valence-electron chi connectivity index (χ1n) is 11.8. The fourth-order valence-electron chi connectivity index (χ4n) is 5.29. The van der Waals surface area contributed by atoms with E-state index in [-0.39, 0.29) is 17.2 Å². The summed E-state index contributed by atoms with van der Waals surface area (Å²) in [6.07, 6.45) is 0.277. The lowest BCUT2D eigenvalue weighted by Crippen LogP contribution is -2.33. The van der Waals surface area contributed by atoms with Gasteiger partial charge in [0.05, 0.1) is 13.2 Å². The van der Waals surface area contributed by atoms with E-state index in [4.69, 9.17) is 9.47 Å². The van der Waals surface area contributed by atoms with Crippen LogP contribution in [0.2, 0.25) is 0 Å². The van der Waals surface area contributed by atoms with Crippen molar-refractivity contribution >= 4 is 33.8 Å². The average molecular weight is 472 g/mol. The minimum Gasteiger partial charge on any atom is -0.493 e. The summed E-state index contributed by atoms with van der Waals surface area (Å²) in [4.78, 5) is 24.9. The number of nitrogens with one attached hydrogen (secondary N) is 1. The Morgan fingerprint density at radius 1 is 1.09 bits per heavy atom. The molecule has 180 valence electrons. The number of Topliss-reactive ketones (excluding diaryl/α,β-unsaturated/α-hetero) is 1. The van der Waals surface area contributed by atoms with E-state index >= 15 is 0 Å². The molecule has 35 heavy (non-hydrogen) atoms. The van der Waals surface area contributed by atoms with E-state index in [1.54, 1.807) is 6.07 Å². The molecule has 6 heteroatoms. The number of carboxylic acid groups (broad SMARTS) is 1. The van der Waals surface area contributed by atoms with Crippen molar-refractivity contribution in [3.63, 3.8) is 0 Å². The van der Waals surface area contributed by atoms with Crippen molar-refractivity contribution in [1.82, 2.24) is 0 Å². The Kier molecular flexibility index (Phi) is 5.55. The van der Waals surface area contributed by atoms with Gasteiger partial charge in [-0.2, -0.15) is 0 Å². The van der Waals surface area contributed by atoms with Gasteiger partial charge >= 0.3 is 5.97 Å². The second-order valence-electron chi connectivity index (χ2n) is 10.1. The van der Waals surface area contributed by atoms with Crippen LogP contribution in [0, 0.1) is 5.41 Å². The number of fused-ring (bicyclic) bond motifs is 4. The number of ether oxygens (including phenoxy) is 2. The number of methoxy groups -OCH3 is 1. The topological polar surface area (TPSA) is 84.9 Å². The number of ketones is 1. The summed E-state index contributed by atoms with van der Waals surface area (Å²) in [5, 5.41) is 15.1. The molecular formula is C29H29NO5. The van der Waals surface area contributed by atoms with Gasteiger partial charge in [-0.05, 0) is 58.9 Å². The van der Waals surface area contributed by atoms with Crippen LogP contribution in [0.4, 0.5) is 5.69 Å². The van der Waals surface area contributed by atoms with E-state index < -0.39 is 12.1 Å². The molecule has 0 bridgehead atoms. The molecule has 0 amide bonds. The lowest BCUT2D eigenvalue weighted by atomic mass is 9.68. The minimum absolute atomic E-state index is 0.131. The third-order valence-corrected chi connectivity index (χ3v) is 6.91. The van der Waals surface area contributed by atoms with Crippen molar-refractivity contribution in [2.45, 2.75) is 45.8 Å². The standard InChI is InChI=1S/C29H29NO5/c1-16(28(32)33)35-23-12-10-18(13-24(23)34-4)27-26-20(14-29(2,3)15-22(26)31)25-19-8-6-5-7-17(19)9-11-21(25)30-27/h5-13,16,27,30H,14-15H2,1-4H3,(H,32,33)/t16-,27-/m0/s1. The van der Waals surface area contributed by atoms with Gasteiger partial charge in [0.2, 0.25) is 0 Å². The first-order valence-corrected chi connectivity index (χ1v) is 11.8. The van der Waals surface area contributed by atoms with E-state index in [1.807, 2.05) is 24.3 Å².